The SMILES string of the molecule is c1ccc(-c2cccc(N(c3cc(-c4ccc5c6ccccc6n(-c6ccccc6)c5c4)cc(-c4ccc5c6ccccc6n(-c6ccccc6)c5c4)c3)c3ccc4ccccc4c3)c2)cc1. The van der Waals surface area contributed by atoms with Gasteiger partial charge in [-0.05, 0) is 135 Å². The summed E-state index contributed by atoms with van der Waals surface area (Å²) in [6.45, 7) is 0. The average Bonchev–Trinajstić information content (AvgIpc) is 3.92. The quantitative estimate of drug-likeness (QED) is 0.148. The first-order valence-corrected chi connectivity index (χ1v) is 23.0. The van der Waals surface area contributed by atoms with Gasteiger partial charge in [-0.15, -0.1) is 0 Å². The van der Waals surface area contributed by atoms with Crippen LogP contribution in [0.5, 0.6) is 0 Å². The number of hydrogen-bond donors (Lipinski definition) is 0. The van der Waals surface area contributed by atoms with E-state index in [2.05, 4.69) is 275 Å². The van der Waals surface area contributed by atoms with Gasteiger partial charge < -0.3 is 14.0 Å². The zero-order valence-corrected chi connectivity index (χ0v) is 36.7. The molecule has 314 valence electrons. The van der Waals surface area contributed by atoms with Crippen LogP contribution in [0.25, 0.3) is 99.1 Å². The standard InChI is InChI=1S/C64H43N3/c1-4-17-44(18-5-1)47-21-16-26-54(38-47)65(55-34-31-45-19-10-11-20-46(45)39-55)56-40-50(48-32-35-59-57-27-12-14-29-61(57)66(63(59)42-48)52-22-6-2-7-23-52)37-51(41-56)49-33-36-60-58-28-13-15-30-62(58)67(64(60)43-49)53-24-8-3-9-25-53/h1-43H. The highest BCUT2D eigenvalue weighted by molar-refractivity contribution is 6.12. The summed E-state index contributed by atoms with van der Waals surface area (Å²) >= 11 is 0. The van der Waals surface area contributed by atoms with E-state index in [9.17, 15) is 0 Å². The maximum atomic E-state index is 2.44. The lowest BCUT2D eigenvalue weighted by molar-refractivity contribution is 1.18. The second-order valence-corrected chi connectivity index (χ2v) is 17.4. The molecule has 11 aromatic carbocycles. The molecule has 3 nitrogen and oxygen atoms in total. The number of benzene rings is 11. The van der Waals surface area contributed by atoms with Gasteiger partial charge in [0, 0.05) is 50.0 Å². The Balaban J connectivity index is 1.08. The van der Waals surface area contributed by atoms with E-state index >= 15 is 0 Å². The van der Waals surface area contributed by atoms with Gasteiger partial charge >= 0.3 is 0 Å². The summed E-state index contributed by atoms with van der Waals surface area (Å²) in [6.07, 6.45) is 0. The molecule has 0 saturated carbocycles. The summed E-state index contributed by atoms with van der Waals surface area (Å²) in [4.78, 5) is 2.44. The highest BCUT2D eigenvalue weighted by atomic mass is 15.1. The van der Waals surface area contributed by atoms with Crippen LogP contribution in [0, 0.1) is 0 Å². The molecule has 0 radical (unpaired) electrons. The first-order chi connectivity index (χ1) is 33.2. The van der Waals surface area contributed by atoms with Crippen LogP contribution in [0.4, 0.5) is 17.1 Å². The summed E-state index contributed by atoms with van der Waals surface area (Å²) in [6, 6.07) is 95.2. The Bertz CT molecular complexity index is 3800. The van der Waals surface area contributed by atoms with Gasteiger partial charge in [0.1, 0.15) is 0 Å². The molecule has 0 amide bonds. The van der Waals surface area contributed by atoms with Crippen molar-refractivity contribution in [3.8, 4) is 44.8 Å². The average molecular weight is 854 g/mol. The molecule has 0 unspecified atom stereocenters. The molecule has 13 aromatic rings. The maximum Gasteiger partial charge on any atom is 0.0547 e. The topological polar surface area (TPSA) is 13.1 Å². The lowest BCUT2D eigenvalue weighted by Crippen LogP contribution is -2.10. The molecule has 0 aliphatic rings. The summed E-state index contributed by atoms with van der Waals surface area (Å²) in [5.41, 5.74) is 17.2. The van der Waals surface area contributed by atoms with Crippen LogP contribution in [0.15, 0.2) is 261 Å². The predicted octanol–water partition coefficient (Wildman–Crippen LogP) is 17.5. The highest BCUT2D eigenvalue weighted by Crippen LogP contribution is 2.44. The first-order valence-electron chi connectivity index (χ1n) is 23.0. The van der Waals surface area contributed by atoms with Crippen LogP contribution in [-0.4, -0.2) is 9.13 Å². The minimum Gasteiger partial charge on any atom is -0.310 e. The second kappa shape index (κ2) is 16.0. The molecule has 0 saturated heterocycles. The Morgan fingerprint density at radius 2 is 0.672 bits per heavy atom. The van der Waals surface area contributed by atoms with Crippen molar-refractivity contribution in [3.05, 3.63) is 261 Å². The van der Waals surface area contributed by atoms with Gasteiger partial charge in [0.25, 0.3) is 0 Å². The van der Waals surface area contributed by atoms with Gasteiger partial charge in [0.05, 0.1) is 22.1 Å². The van der Waals surface area contributed by atoms with E-state index < -0.39 is 0 Å². The number of hydrogen-bond acceptors (Lipinski definition) is 1. The van der Waals surface area contributed by atoms with Crippen molar-refractivity contribution in [2.45, 2.75) is 0 Å². The van der Waals surface area contributed by atoms with E-state index in [-0.39, 0.29) is 0 Å². The molecule has 0 atom stereocenters. The van der Waals surface area contributed by atoms with Gasteiger partial charge in [-0.25, -0.2) is 0 Å². The van der Waals surface area contributed by atoms with E-state index in [1.807, 2.05) is 0 Å². The van der Waals surface area contributed by atoms with Crippen molar-refractivity contribution < 1.29 is 0 Å². The van der Waals surface area contributed by atoms with Gasteiger partial charge in [-0.1, -0.05) is 170 Å². The molecular weight excluding hydrogens is 811 g/mol. The third kappa shape index (κ3) is 6.67. The van der Waals surface area contributed by atoms with Crippen LogP contribution in [-0.2, 0) is 0 Å². The fraction of sp³-hybridized carbons (Fsp3) is 0. The van der Waals surface area contributed by atoms with E-state index in [0.717, 1.165) is 50.7 Å². The fourth-order valence-corrected chi connectivity index (χ4v) is 10.3. The monoisotopic (exact) mass is 853 g/mol. The number of aromatic nitrogens is 2. The fourth-order valence-electron chi connectivity index (χ4n) is 10.3. The Morgan fingerprint density at radius 3 is 1.27 bits per heavy atom. The van der Waals surface area contributed by atoms with Crippen LogP contribution < -0.4 is 4.90 Å². The summed E-state index contributed by atoms with van der Waals surface area (Å²) in [5.74, 6) is 0. The van der Waals surface area contributed by atoms with Crippen LogP contribution in [0.3, 0.4) is 0 Å². The van der Waals surface area contributed by atoms with Crippen molar-refractivity contribution in [3.63, 3.8) is 0 Å². The molecule has 2 aromatic heterocycles. The Morgan fingerprint density at radius 1 is 0.224 bits per heavy atom. The van der Waals surface area contributed by atoms with Gasteiger partial charge in [0.2, 0.25) is 0 Å². The second-order valence-electron chi connectivity index (χ2n) is 17.4. The van der Waals surface area contributed by atoms with Gasteiger partial charge in [-0.2, -0.15) is 0 Å². The number of nitrogens with zero attached hydrogens (tertiary/aromatic N) is 3. The summed E-state index contributed by atoms with van der Waals surface area (Å²) in [7, 11) is 0. The van der Waals surface area contributed by atoms with Gasteiger partial charge in [-0.3, -0.25) is 0 Å². The molecule has 3 heteroatoms. The van der Waals surface area contributed by atoms with Crippen molar-refractivity contribution in [2.75, 3.05) is 4.90 Å². The predicted molar refractivity (Wildman–Crippen MR) is 284 cm³/mol. The third-order valence-corrected chi connectivity index (χ3v) is 13.4. The lowest BCUT2D eigenvalue weighted by atomic mass is 9.95. The zero-order chi connectivity index (χ0) is 44.3. The van der Waals surface area contributed by atoms with Crippen molar-refractivity contribution >= 4 is 71.4 Å². The van der Waals surface area contributed by atoms with E-state index in [1.54, 1.807) is 0 Å². The lowest BCUT2D eigenvalue weighted by Gasteiger charge is -2.28. The van der Waals surface area contributed by atoms with Crippen molar-refractivity contribution in [1.82, 2.24) is 9.13 Å². The molecule has 0 aliphatic heterocycles. The normalized spacial score (nSPS) is 11.6. The molecule has 0 bridgehead atoms. The summed E-state index contributed by atoms with van der Waals surface area (Å²) in [5, 5.41) is 7.35. The maximum absolute atomic E-state index is 2.44. The van der Waals surface area contributed by atoms with Crippen molar-refractivity contribution in [1.29, 1.82) is 0 Å². The number of para-hydroxylation sites is 4. The van der Waals surface area contributed by atoms with Crippen molar-refractivity contribution in [2.24, 2.45) is 0 Å². The Labute approximate surface area is 389 Å². The highest BCUT2D eigenvalue weighted by Gasteiger charge is 2.20. The minimum absolute atomic E-state index is 1.07. The molecule has 0 spiro atoms. The minimum atomic E-state index is 1.07. The number of fused-ring (bicyclic) bond motifs is 7. The van der Waals surface area contributed by atoms with Crippen LogP contribution >= 0.6 is 0 Å². The zero-order valence-electron chi connectivity index (χ0n) is 36.7. The molecule has 0 aliphatic carbocycles. The Kier molecular flexibility index (Phi) is 9.17. The molecule has 2 heterocycles. The van der Waals surface area contributed by atoms with Crippen LogP contribution in [0.1, 0.15) is 0 Å². The molecular formula is C64H43N3. The summed E-state index contributed by atoms with van der Waals surface area (Å²) < 4.78 is 4.82. The third-order valence-electron chi connectivity index (χ3n) is 13.4. The van der Waals surface area contributed by atoms with E-state index in [1.165, 1.54) is 65.5 Å². The molecule has 0 N–H and O–H groups in total. The van der Waals surface area contributed by atoms with E-state index in [4.69, 9.17) is 0 Å². The molecule has 67 heavy (non-hydrogen) atoms. The van der Waals surface area contributed by atoms with Gasteiger partial charge in [0.15, 0.2) is 0 Å². The molecule has 0 fully saturated rings. The smallest absolute Gasteiger partial charge is 0.0547 e. The van der Waals surface area contributed by atoms with Crippen LogP contribution in [0.2, 0.25) is 0 Å². The number of rotatable bonds is 8. The molecule has 13 rings (SSSR count). The largest absolute Gasteiger partial charge is 0.310 e. The number of anilines is 3. The first kappa shape index (κ1) is 38.5. The van der Waals surface area contributed by atoms with E-state index in [0.29, 0.717) is 0 Å². The Hall–Kier alpha value is -8.92.